The zero-order valence-electron chi connectivity index (χ0n) is 10.8. The van der Waals surface area contributed by atoms with Crippen molar-refractivity contribution in [1.82, 2.24) is 10.2 Å². The van der Waals surface area contributed by atoms with Gasteiger partial charge in [-0.2, -0.15) is 0 Å². The second-order valence-electron chi connectivity index (χ2n) is 5.07. The highest BCUT2D eigenvalue weighted by Gasteiger charge is 2.27. The molecule has 0 bridgehead atoms. The van der Waals surface area contributed by atoms with Crippen LogP contribution < -0.4 is 5.32 Å². The largest absolute Gasteiger partial charge is 0.379 e. The van der Waals surface area contributed by atoms with Crippen LogP contribution in [0.4, 0.5) is 0 Å². The predicted molar refractivity (Wildman–Crippen MR) is 71.6 cm³/mol. The summed E-state index contributed by atoms with van der Waals surface area (Å²) in [5, 5.41) is 4.19. The number of methoxy groups -OCH3 is 1. The minimum atomic E-state index is 0.313. The molecule has 0 aromatic carbocycles. The molecule has 2 atom stereocenters. The van der Waals surface area contributed by atoms with Gasteiger partial charge in [0, 0.05) is 26.7 Å². The molecule has 0 saturated carbocycles. The van der Waals surface area contributed by atoms with Crippen LogP contribution in [-0.2, 0) is 4.74 Å². The molecule has 1 saturated heterocycles. The molecule has 0 radical (unpaired) electrons. The number of rotatable bonds is 3. The van der Waals surface area contributed by atoms with Crippen LogP contribution in [0.1, 0.15) is 27.2 Å². The maximum atomic E-state index is 5.48. The molecule has 1 fully saturated rings. The standard InChI is InChI=1S/C12H24N2OS/c1-9(2)7-13-12(16)14-6-5-10(3)11(8-14)15-4/h9-11H,5-8H2,1-4H3,(H,13,16). The number of likely N-dealkylation sites (tertiary alicyclic amines) is 1. The normalized spacial score (nSPS) is 25.9. The molecule has 1 aliphatic rings. The second kappa shape index (κ2) is 6.40. The smallest absolute Gasteiger partial charge is 0.169 e. The van der Waals surface area contributed by atoms with Crippen molar-refractivity contribution in [1.29, 1.82) is 0 Å². The van der Waals surface area contributed by atoms with E-state index in [0.717, 1.165) is 31.2 Å². The number of ether oxygens (including phenoxy) is 1. The average Bonchev–Trinajstić information content (AvgIpc) is 2.26. The van der Waals surface area contributed by atoms with Crippen LogP contribution >= 0.6 is 12.2 Å². The number of hydrogen-bond donors (Lipinski definition) is 1. The molecule has 1 rings (SSSR count). The van der Waals surface area contributed by atoms with Crippen molar-refractivity contribution in [3.63, 3.8) is 0 Å². The number of hydrogen-bond acceptors (Lipinski definition) is 2. The molecule has 0 aromatic heterocycles. The zero-order valence-corrected chi connectivity index (χ0v) is 11.6. The molecule has 1 aliphatic heterocycles. The molecule has 0 spiro atoms. The van der Waals surface area contributed by atoms with Crippen molar-refractivity contribution in [2.75, 3.05) is 26.7 Å². The Kier molecular flexibility index (Phi) is 5.49. The Morgan fingerprint density at radius 1 is 1.56 bits per heavy atom. The lowest BCUT2D eigenvalue weighted by Gasteiger charge is -2.37. The number of thiocarbonyl (C=S) groups is 1. The highest BCUT2D eigenvalue weighted by molar-refractivity contribution is 7.80. The first-order valence-corrected chi connectivity index (χ1v) is 6.51. The van der Waals surface area contributed by atoms with Gasteiger partial charge < -0.3 is 15.0 Å². The lowest BCUT2D eigenvalue weighted by atomic mass is 9.96. The predicted octanol–water partition coefficient (Wildman–Crippen LogP) is 1.87. The first-order chi connectivity index (χ1) is 7.54. The zero-order chi connectivity index (χ0) is 12.1. The van der Waals surface area contributed by atoms with Gasteiger partial charge in [-0.05, 0) is 30.5 Å². The molecule has 2 unspecified atom stereocenters. The summed E-state index contributed by atoms with van der Waals surface area (Å²) < 4.78 is 5.48. The van der Waals surface area contributed by atoms with E-state index in [4.69, 9.17) is 17.0 Å². The van der Waals surface area contributed by atoms with E-state index in [0.29, 0.717) is 17.9 Å². The molecule has 16 heavy (non-hydrogen) atoms. The molecule has 0 aliphatic carbocycles. The Bertz CT molecular complexity index is 233. The Hall–Kier alpha value is -0.350. The minimum absolute atomic E-state index is 0.313. The highest BCUT2D eigenvalue weighted by Crippen LogP contribution is 2.19. The third kappa shape index (κ3) is 3.91. The van der Waals surface area contributed by atoms with Gasteiger partial charge in [0.1, 0.15) is 0 Å². The quantitative estimate of drug-likeness (QED) is 0.766. The molecule has 0 amide bonds. The summed E-state index contributed by atoms with van der Waals surface area (Å²) in [6.07, 6.45) is 1.47. The molecule has 94 valence electrons. The summed E-state index contributed by atoms with van der Waals surface area (Å²) in [7, 11) is 1.79. The van der Waals surface area contributed by atoms with Crippen molar-refractivity contribution in [2.24, 2.45) is 11.8 Å². The summed E-state index contributed by atoms with van der Waals surface area (Å²) >= 11 is 5.39. The average molecular weight is 244 g/mol. The van der Waals surface area contributed by atoms with E-state index in [9.17, 15) is 0 Å². The van der Waals surface area contributed by atoms with Gasteiger partial charge in [-0.3, -0.25) is 0 Å². The summed E-state index contributed by atoms with van der Waals surface area (Å²) in [6.45, 7) is 9.53. The van der Waals surface area contributed by atoms with Gasteiger partial charge in [0.25, 0.3) is 0 Å². The molecule has 3 nitrogen and oxygen atoms in total. The van der Waals surface area contributed by atoms with Gasteiger partial charge >= 0.3 is 0 Å². The number of nitrogens with zero attached hydrogens (tertiary/aromatic N) is 1. The van der Waals surface area contributed by atoms with Crippen LogP contribution in [0.25, 0.3) is 0 Å². The number of piperidine rings is 1. The molecule has 1 N–H and O–H groups in total. The van der Waals surface area contributed by atoms with Crippen LogP contribution in [-0.4, -0.2) is 42.9 Å². The van der Waals surface area contributed by atoms with Crippen LogP contribution in [0.15, 0.2) is 0 Å². The highest BCUT2D eigenvalue weighted by atomic mass is 32.1. The summed E-state index contributed by atoms with van der Waals surface area (Å²) in [5.41, 5.74) is 0. The van der Waals surface area contributed by atoms with Crippen molar-refractivity contribution >= 4 is 17.3 Å². The van der Waals surface area contributed by atoms with Crippen molar-refractivity contribution in [3.05, 3.63) is 0 Å². The van der Waals surface area contributed by atoms with Crippen molar-refractivity contribution in [3.8, 4) is 0 Å². The summed E-state index contributed by atoms with van der Waals surface area (Å²) in [4.78, 5) is 2.23. The fourth-order valence-corrected chi connectivity index (χ4v) is 2.18. The van der Waals surface area contributed by atoms with Gasteiger partial charge in [-0.25, -0.2) is 0 Å². The maximum Gasteiger partial charge on any atom is 0.169 e. The lowest BCUT2D eigenvalue weighted by Crippen LogP contribution is -2.50. The van der Waals surface area contributed by atoms with Gasteiger partial charge in [0.2, 0.25) is 0 Å². The van der Waals surface area contributed by atoms with Crippen LogP contribution in [0.5, 0.6) is 0 Å². The Balaban J connectivity index is 2.39. The second-order valence-corrected chi connectivity index (χ2v) is 5.45. The van der Waals surface area contributed by atoms with Crippen LogP contribution in [0.2, 0.25) is 0 Å². The fourth-order valence-electron chi connectivity index (χ4n) is 1.93. The topological polar surface area (TPSA) is 24.5 Å². The summed E-state index contributed by atoms with van der Waals surface area (Å²) in [5.74, 6) is 1.26. The van der Waals surface area contributed by atoms with Gasteiger partial charge in [0.15, 0.2) is 5.11 Å². The molecule has 4 heteroatoms. The molecular formula is C12H24N2OS. The van der Waals surface area contributed by atoms with E-state index in [1.165, 1.54) is 0 Å². The molecule has 1 heterocycles. The SMILES string of the molecule is COC1CN(C(=S)NCC(C)C)CCC1C. The van der Waals surface area contributed by atoms with E-state index in [-0.39, 0.29) is 0 Å². The number of nitrogens with one attached hydrogen (secondary N) is 1. The van der Waals surface area contributed by atoms with E-state index >= 15 is 0 Å². The fraction of sp³-hybridized carbons (Fsp3) is 0.917. The lowest BCUT2D eigenvalue weighted by molar-refractivity contribution is 0.0147. The van der Waals surface area contributed by atoms with Gasteiger partial charge in [-0.1, -0.05) is 20.8 Å². The van der Waals surface area contributed by atoms with Gasteiger partial charge in [0.05, 0.1) is 6.10 Å². The maximum absolute atomic E-state index is 5.48. The summed E-state index contributed by atoms with van der Waals surface area (Å²) in [6, 6.07) is 0. The molecule has 0 aromatic rings. The first kappa shape index (κ1) is 13.7. The first-order valence-electron chi connectivity index (χ1n) is 6.10. The third-order valence-electron chi connectivity index (χ3n) is 3.14. The van der Waals surface area contributed by atoms with E-state index in [1.54, 1.807) is 7.11 Å². The third-order valence-corrected chi connectivity index (χ3v) is 3.54. The minimum Gasteiger partial charge on any atom is -0.379 e. The Labute approximate surface area is 105 Å². The van der Waals surface area contributed by atoms with Gasteiger partial charge in [-0.15, -0.1) is 0 Å². The van der Waals surface area contributed by atoms with E-state index in [2.05, 4.69) is 31.0 Å². The van der Waals surface area contributed by atoms with Crippen molar-refractivity contribution in [2.45, 2.75) is 33.3 Å². The van der Waals surface area contributed by atoms with Crippen LogP contribution in [0.3, 0.4) is 0 Å². The molecular weight excluding hydrogens is 220 g/mol. The van der Waals surface area contributed by atoms with Crippen molar-refractivity contribution < 1.29 is 4.74 Å². The Morgan fingerprint density at radius 3 is 2.81 bits per heavy atom. The van der Waals surface area contributed by atoms with E-state index in [1.807, 2.05) is 0 Å². The monoisotopic (exact) mass is 244 g/mol. The van der Waals surface area contributed by atoms with Crippen LogP contribution in [0, 0.1) is 11.8 Å². The Morgan fingerprint density at radius 2 is 2.25 bits per heavy atom. The van der Waals surface area contributed by atoms with E-state index < -0.39 is 0 Å².